The van der Waals surface area contributed by atoms with Gasteiger partial charge in [-0.1, -0.05) is 0 Å². The summed E-state index contributed by atoms with van der Waals surface area (Å²) in [4.78, 5) is 20.6. The van der Waals surface area contributed by atoms with Gasteiger partial charge in [0.05, 0.1) is 19.2 Å². The number of alkyl halides is 2. The Morgan fingerprint density at radius 3 is 2.71 bits per heavy atom. The number of nitrogens with two attached hydrogens (primary N) is 1. The van der Waals surface area contributed by atoms with Crippen LogP contribution in [0.1, 0.15) is 10.6 Å². The molecule has 0 saturated carbocycles. The third-order valence-electron chi connectivity index (χ3n) is 1.80. The molecule has 0 radical (unpaired) electrons. The predicted molar refractivity (Wildman–Crippen MR) is 51.7 cm³/mol. The molecule has 7 nitrogen and oxygen atoms in total. The molecule has 0 aliphatic rings. The molecule has 0 spiro atoms. The van der Waals surface area contributed by atoms with Gasteiger partial charge in [0, 0.05) is 0 Å². The van der Waals surface area contributed by atoms with Crippen LogP contribution in [0.4, 0.5) is 14.7 Å². The first kappa shape index (κ1) is 13.0. The minimum atomic E-state index is -3.23. The van der Waals surface area contributed by atoms with Crippen LogP contribution in [0.25, 0.3) is 0 Å². The van der Waals surface area contributed by atoms with Crippen LogP contribution in [0.5, 0.6) is 0 Å². The number of amides is 1. The normalized spacial score (nSPS) is 11.2. The van der Waals surface area contributed by atoms with Gasteiger partial charge in [0.15, 0.2) is 5.76 Å². The molecule has 0 fully saturated rings. The van der Waals surface area contributed by atoms with Crippen LogP contribution in [0, 0.1) is 10.1 Å². The molecule has 17 heavy (non-hydrogen) atoms. The van der Waals surface area contributed by atoms with Crippen molar-refractivity contribution in [1.29, 1.82) is 0 Å². The van der Waals surface area contributed by atoms with E-state index in [1.54, 1.807) is 0 Å². The SMILES string of the molecule is NCC(F)(F)CNC(=O)c1ccc([N+](=O)[O-])o1. The van der Waals surface area contributed by atoms with Gasteiger partial charge in [-0.2, -0.15) is 0 Å². The molecule has 1 heterocycles. The second-order valence-electron chi connectivity index (χ2n) is 3.14. The predicted octanol–water partition coefficient (Wildman–Crippen LogP) is 0.512. The topological polar surface area (TPSA) is 111 Å². The number of nitro groups is 1. The molecule has 0 aliphatic carbocycles. The van der Waals surface area contributed by atoms with Crippen LogP contribution in [0.3, 0.4) is 0 Å². The fourth-order valence-corrected chi connectivity index (χ4v) is 0.917. The van der Waals surface area contributed by atoms with E-state index in [1.807, 2.05) is 5.32 Å². The van der Waals surface area contributed by atoms with Gasteiger partial charge in [-0.3, -0.25) is 14.9 Å². The van der Waals surface area contributed by atoms with Crippen molar-refractivity contribution in [2.24, 2.45) is 5.73 Å². The van der Waals surface area contributed by atoms with E-state index in [-0.39, 0.29) is 0 Å². The Bertz CT molecular complexity index is 432. The van der Waals surface area contributed by atoms with Crippen LogP contribution in [0.2, 0.25) is 0 Å². The maximum Gasteiger partial charge on any atom is 0.433 e. The van der Waals surface area contributed by atoms with Gasteiger partial charge < -0.3 is 15.5 Å². The summed E-state index contributed by atoms with van der Waals surface area (Å²) < 4.78 is 29.9. The molecule has 0 atom stereocenters. The Labute approximate surface area is 93.7 Å². The lowest BCUT2D eigenvalue weighted by Gasteiger charge is -2.13. The number of nitrogens with zero attached hydrogens (tertiary/aromatic N) is 1. The number of hydrogen-bond donors (Lipinski definition) is 2. The highest BCUT2D eigenvalue weighted by Gasteiger charge is 2.28. The number of carbonyl (C=O) groups excluding carboxylic acids is 1. The highest BCUT2D eigenvalue weighted by atomic mass is 19.3. The molecular weight excluding hydrogens is 240 g/mol. The van der Waals surface area contributed by atoms with Gasteiger partial charge in [-0.25, -0.2) is 8.78 Å². The zero-order chi connectivity index (χ0) is 13.1. The van der Waals surface area contributed by atoms with Crippen molar-refractivity contribution in [2.45, 2.75) is 5.92 Å². The van der Waals surface area contributed by atoms with Crippen molar-refractivity contribution in [2.75, 3.05) is 13.1 Å². The maximum atomic E-state index is 12.7. The average molecular weight is 249 g/mol. The van der Waals surface area contributed by atoms with Gasteiger partial charge in [-0.15, -0.1) is 0 Å². The largest absolute Gasteiger partial charge is 0.433 e. The van der Waals surface area contributed by atoms with E-state index < -0.39 is 41.5 Å². The molecule has 94 valence electrons. The molecule has 0 unspecified atom stereocenters. The van der Waals surface area contributed by atoms with Crippen molar-refractivity contribution >= 4 is 11.8 Å². The summed E-state index contributed by atoms with van der Waals surface area (Å²) in [5.74, 6) is -5.25. The molecule has 0 bridgehead atoms. The monoisotopic (exact) mass is 249 g/mol. The fraction of sp³-hybridized carbons (Fsp3) is 0.375. The second kappa shape index (κ2) is 4.87. The summed E-state index contributed by atoms with van der Waals surface area (Å²) >= 11 is 0. The molecule has 1 aromatic rings. The number of hydrogen-bond acceptors (Lipinski definition) is 5. The van der Waals surface area contributed by atoms with Crippen LogP contribution < -0.4 is 11.1 Å². The molecule has 0 aliphatic heterocycles. The van der Waals surface area contributed by atoms with Crippen LogP contribution >= 0.6 is 0 Å². The Kier molecular flexibility index (Phi) is 3.73. The summed E-state index contributed by atoms with van der Waals surface area (Å²) in [6, 6.07) is 1.98. The number of halogens is 2. The molecular formula is C8H9F2N3O4. The lowest BCUT2D eigenvalue weighted by molar-refractivity contribution is -0.402. The average Bonchev–Trinajstić information content (AvgIpc) is 2.75. The maximum absolute atomic E-state index is 12.7. The first-order valence-electron chi connectivity index (χ1n) is 4.46. The molecule has 9 heteroatoms. The third-order valence-corrected chi connectivity index (χ3v) is 1.80. The Hall–Kier alpha value is -2.03. The quantitative estimate of drug-likeness (QED) is 0.583. The zero-order valence-corrected chi connectivity index (χ0v) is 8.48. The zero-order valence-electron chi connectivity index (χ0n) is 8.48. The van der Waals surface area contributed by atoms with Gasteiger partial charge in [-0.05, 0) is 6.07 Å². The summed E-state index contributed by atoms with van der Waals surface area (Å²) in [5.41, 5.74) is 4.76. The van der Waals surface area contributed by atoms with Crippen LogP contribution in [0.15, 0.2) is 16.5 Å². The van der Waals surface area contributed by atoms with E-state index in [9.17, 15) is 23.7 Å². The molecule has 3 N–H and O–H groups in total. The van der Waals surface area contributed by atoms with Gasteiger partial charge >= 0.3 is 5.88 Å². The molecule has 1 amide bonds. The number of rotatable bonds is 5. The van der Waals surface area contributed by atoms with Crippen molar-refractivity contribution in [3.63, 3.8) is 0 Å². The second-order valence-corrected chi connectivity index (χ2v) is 3.14. The number of carbonyl (C=O) groups is 1. The summed E-state index contributed by atoms with van der Waals surface area (Å²) in [6.45, 7) is -1.87. The van der Waals surface area contributed by atoms with E-state index in [2.05, 4.69) is 4.42 Å². The first-order valence-corrected chi connectivity index (χ1v) is 4.46. The lowest BCUT2D eigenvalue weighted by atomic mass is 10.3. The van der Waals surface area contributed by atoms with E-state index in [0.29, 0.717) is 0 Å². The van der Waals surface area contributed by atoms with Gasteiger partial charge in [0.2, 0.25) is 0 Å². The highest BCUT2D eigenvalue weighted by Crippen LogP contribution is 2.16. The Morgan fingerprint density at radius 1 is 1.59 bits per heavy atom. The van der Waals surface area contributed by atoms with E-state index >= 15 is 0 Å². The smallest absolute Gasteiger partial charge is 0.395 e. The summed E-state index contributed by atoms with van der Waals surface area (Å²) in [7, 11) is 0. The van der Waals surface area contributed by atoms with E-state index in [1.165, 1.54) is 0 Å². The van der Waals surface area contributed by atoms with Gasteiger partial charge in [0.25, 0.3) is 11.8 Å². The summed E-state index contributed by atoms with van der Waals surface area (Å²) in [5, 5.41) is 12.1. The lowest BCUT2D eigenvalue weighted by Crippen LogP contribution is -2.41. The minimum Gasteiger partial charge on any atom is -0.395 e. The van der Waals surface area contributed by atoms with Crippen molar-refractivity contribution in [1.82, 2.24) is 5.32 Å². The highest BCUT2D eigenvalue weighted by molar-refractivity contribution is 5.91. The minimum absolute atomic E-state index is 0.412. The van der Waals surface area contributed by atoms with E-state index in [0.717, 1.165) is 12.1 Å². The van der Waals surface area contributed by atoms with Crippen LogP contribution in [-0.4, -0.2) is 29.8 Å². The Morgan fingerprint density at radius 2 is 2.24 bits per heavy atom. The van der Waals surface area contributed by atoms with Crippen molar-refractivity contribution in [3.05, 3.63) is 28.0 Å². The molecule has 0 saturated heterocycles. The third kappa shape index (κ3) is 3.48. The van der Waals surface area contributed by atoms with Crippen molar-refractivity contribution in [3.8, 4) is 0 Å². The first-order chi connectivity index (χ1) is 7.85. The van der Waals surface area contributed by atoms with Crippen LogP contribution in [-0.2, 0) is 0 Å². The number of nitrogens with one attached hydrogen (secondary N) is 1. The molecule has 0 aromatic carbocycles. The molecule has 1 rings (SSSR count). The fourth-order valence-electron chi connectivity index (χ4n) is 0.917. The number of furan rings is 1. The summed E-state index contributed by atoms with van der Waals surface area (Å²) in [6.07, 6.45) is 0. The Balaban J connectivity index is 2.61. The van der Waals surface area contributed by atoms with Gasteiger partial charge in [0.1, 0.15) is 4.92 Å². The van der Waals surface area contributed by atoms with Crippen molar-refractivity contribution < 1.29 is 22.9 Å². The van der Waals surface area contributed by atoms with E-state index in [4.69, 9.17) is 5.73 Å². The standard InChI is InChI=1S/C8H9F2N3O4/c9-8(10,3-11)4-12-7(14)5-1-2-6(17-5)13(15)16/h1-2H,3-4,11H2,(H,12,14). The molecule has 1 aromatic heterocycles.